The standard InChI is InChI=1S/C14H18BrNOS/c15-13-8-11(6-7-12(13)14(16)18)17-9-10-4-2-1-3-5-10/h6-8,10H,1-5,9H2,(H2,16,18). The van der Waals surface area contributed by atoms with Crippen LogP contribution in [0.3, 0.4) is 0 Å². The number of rotatable bonds is 4. The molecule has 2 nitrogen and oxygen atoms in total. The zero-order valence-electron chi connectivity index (χ0n) is 10.3. The summed E-state index contributed by atoms with van der Waals surface area (Å²) in [5.74, 6) is 1.60. The van der Waals surface area contributed by atoms with Crippen molar-refractivity contribution in [2.75, 3.05) is 6.61 Å². The van der Waals surface area contributed by atoms with Crippen LogP contribution >= 0.6 is 28.1 Å². The lowest BCUT2D eigenvalue weighted by Gasteiger charge is -2.21. The molecule has 0 aliphatic heterocycles. The number of benzene rings is 1. The van der Waals surface area contributed by atoms with E-state index in [0.717, 1.165) is 22.4 Å². The molecule has 0 atom stereocenters. The van der Waals surface area contributed by atoms with Crippen molar-refractivity contribution < 1.29 is 4.74 Å². The number of hydrogen-bond donors (Lipinski definition) is 1. The first-order valence-electron chi connectivity index (χ1n) is 6.39. The van der Waals surface area contributed by atoms with Crippen LogP contribution < -0.4 is 10.5 Å². The van der Waals surface area contributed by atoms with Gasteiger partial charge >= 0.3 is 0 Å². The van der Waals surface area contributed by atoms with E-state index in [9.17, 15) is 0 Å². The Morgan fingerprint density at radius 1 is 1.33 bits per heavy atom. The van der Waals surface area contributed by atoms with Crippen molar-refractivity contribution in [2.45, 2.75) is 32.1 Å². The van der Waals surface area contributed by atoms with Gasteiger partial charge in [0.1, 0.15) is 10.7 Å². The lowest BCUT2D eigenvalue weighted by Crippen LogP contribution is -2.15. The van der Waals surface area contributed by atoms with Crippen molar-refractivity contribution >= 4 is 33.1 Å². The third-order valence-electron chi connectivity index (χ3n) is 3.42. The molecular formula is C14H18BrNOS. The maximum absolute atomic E-state index is 5.85. The summed E-state index contributed by atoms with van der Waals surface area (Å²) in [5.41, 5.74) is 6.47. The van der Waals surface area contributed by atoms with Crippen molar-refractivity contribution in [3.05, 3.63) is 28.2 Å². The highest BCUT2D eigenvalue weighted by molar-refractivity contribution is 9.10. The molecule has 18 heavy (non-hydrogen) atoms. The van der Waals surface area contributed by atoms with Gasteiger partial charge in [-0.15, -0.1) is 0 Å². The quantitative estimate of drug-likeness (QED) is 0.847. The van der Waals surface area contributed by atoms with Gasteiger partial charge in [-0.2, -0.15) is 0 Å². The zero-order valence-corrected chi connectivity index (χ0v) is 12.7. The van der Waals surface area contributed by atoms with Crippen LogP contribution in [0.5, 0.6) is 5.75 Å². The molecule has 0 amide bonds. The van der Waals surface area contributed by atoms with E-state index in [1.54, 1.807) is 0 Å². The van der Waals surface area contributed by atoms with Gasteiger partial charge in [-0.05, 0) is 52.9 Å². The van der Waals surface area contributed by atoms with E-state index < -0.39 is 0 Å². The molecule has 2 rings (SSSR count). The average molecular weight is 328 g/mol. The minimum Gasteiger partial charge on any atom is -0.493 e. The first-order valence-corrected chi connectivity index (χ1v) is 7.59. The van der Waals surface area contributed by atoms with Gasteiger partial charge in [-0.1, -0.05) is 31.5 Å². The first-order chi connectivity index (χ1) is 8.66. The molecule has 98 valence electrons. The third-order valence-corrected chi connectivity index (χ3v) is 4.29. The van der Waals surface area contributed by atoms with Crippen LogP contribution in [0.15, 0.2) is 22.7 Å². The number of nitrogens with two attached hydrogens (primary N) is 1. The van der Waals surface area contributed by atoms with E-state index in [4.69, 9.17) is 22.7 Å². The Hall–Kier alpha value is -0.610. The second-order valence-corrected chi connectivity index (χ2v) is 6.12. The van der Waals surface area contributed by atoms with Gasteiger partial charge in [0, 0.05) is 10.0 Å². The zero-order chi connectivity index (χ0) is 13.0. The summed E-state index contributed by atoms with van der Waals surface area (Å²) >= 11 is 8.43. The molecule has 1 aromatic carbocycles. The van der Waals surface area contributed by atoms with Crippen LogP contribution in [-0.2, 0) is 0 Å². The van der Waals surface area contributed by atoms with Crippen LogP contribution in [0.25, 0.3) is 0 Å². The fraction of sp³-hybridized carbons (Fsp3) is 0.500. The molecule has 2 N–H and O–H groups in total. The lowest BCUT2D eigenvalue weighted by molar-refractivity contribution is 0.209. The number of ether oxygens (including phenoxy) is 1. The van der Waals surface area contributed by atoms with E-state index in [2.05, 4.69) is 15.9 Å². The first kappa shape index (κ1) is 13.8. The predicted octanol–water partition coefficient (Wildman–Crippen LogP) is 4.04. The van der Waals surface area contributed by atoms with Gasteiger partial charge in [0.2, 0.25) is 0 Å². The fourth-order valence-electron chi connectivity index (χ4n) is 2.35. The molecular weight excluding hydrogens is 310 g/mol. The van der Waals surface area contributed by atoms with E-state index in [-0.39, 0.29) is 0 Å². The van der Waals surface area contributed by atoms with E-state index >= 15 is 0 Å². The monoisotopic (exact) mass is 327 g/mol. The van der Waals surface area contributed by atoms with Crippen LogP contribution in [0.1, 0.15) is 37.7 Å². The second-order valence-electron chi connectivity index (χ2n) is 4.82. The lowest BCUT2D eigenvalue weighted by atomic mass is 9.90. The molecule has 1 fully saturated rings. The molecule has 0 unspecified atom stereocenters. The van der Waals surface area contributed by atoms with Crippen LogP contribution in [0.2, 0.25) is 0 Å². The summed E-state index contributed by atoms with van der Waals surface area (Å²) in [6.07, 6.45) is 6.67. The largest absolute Gasteiger partial charge is 0.493 e. The molecule has 0 aromatic heterocycles. The Morgan fingerprint density at radius 2 is 2.06 bits per heavy atom. The predicted molar refractivity (Wildman–Crippen MR) is 82.1 cm³/mol. The maximum Gasteiger partial charge on any atom is 0.120 e. The highest BCUT2D eigenvalue weighted by Crippen LogP contribution is 2.27. The Balaban J connectivity index is 1.93. The fourth-order valence-corrected chi connectivity index (χ4v) is 3.23. The normalized spacial score (nSPS) is 16.5. The van der Waals surface area contributed by atoms with Gasteiger partial charge in [-0.25, -0.2) is 0 Å². The minimum absolute atomic E-state index is 0.403. The molecule has 0 heterocycles. The summed E-state index contributed by atoms with van der Waals surface area (Å²) in [4.78, 5) is 0.403. The molecule has 0 saturated heterocycles. The minimum atomic E-state index is 0.403. The molecule has 0 spiro atoms. The molecule has 0 bridgehead atoms. The average Bonchev–Trinajstić information content (AvgIpc) is 2.37. The highest BCUT2D eigenvalue weighted by Gasteiger charge is 2.14. The molecule has 1 aliphatic carbocycles. The Bertz CT molecular complexity index is 430. The summed E-state index contributed by atoms with van der Waals surface area (Å²) in [7, 11) is 0. The van der Waals surface area contributed by atoms with Gasteiger partial charge in [0.15, 0.2) is 0 Å². The summed E-state index contributed by atoms with van der Waals surface area (Å²) in [6.45, 7) is 0.818. The number of halogens is 1. The Morgan fingerprint density at radius 3 is 2.67 bits per heavy atom. The smallest absolute Gasteiger partial charge is 0.120 e. The van der Waals surface area contributed by atoms with Crippen molar-refractivity contribution in [1.82, 2.24) is 0 Å². The second kappa shape index (κ2) is 6.53. The molecule has 1 aromatic rings. The number of thiocarbonyl (C=S) groups is 1. The van der Waals surface area contributed by atoms with Crippen LogP contribution in [0, 0.1) is 5.92 Å². The van der Waals surface area contributed by atoms with Crippen LogP contribution in [-0.4, -0.2) is 11.6 Å². The summed E-state index contributed by atoms with van der Waals surface area (Å²) < 4.78 is 6.75. The SMILES string of the molecule is NC(=S)c1ccc(OCC2CCCCC2)cc1Br. The van der Waals surface area contributed by atoms with Gasteiger partial charge in [-0.3, -0.25) is 0 Å². The summed E-state index contributed by atoms with van der Waals surface area (Å²) in [5, 5.41) is 0. The highest BCUT2D eigenvalue weighted by atomic mass is 79.9. The molecule has 1 aliphatic rings. The van der Waals surface area contributed by atoms with Crippen molar-refractivity contribution in [3.63, 3.8) is 0 Å². The number of hydrogen-bond acceptors (Lipinski definition) is 2. The molecule has 0 radical (unpaired) electrons. The van der Waals surface area contributed by atoms with E-state index in [1.165, 1.54) is 32.1 Å². The Labute approximate surface area is 122 Å². The van der Waals surface area contributed by atoms with E-state index in [0.29, 0.717) is 10.9 Å². The van der Waals surface area contributed by atoms with E-state index in [1.807, 2.05) is 18.2 Å². The Kier molecular flexibility index (Phi) is 5.01. The summed E-state index contributed by atoms with van der Waals surface area (Å²) in [6, 6.07) is 5.78. The van der Waals surface area contributed by atoms with Gasteiger partial charge in [0.05, 0.1) is 6.61 Å². The third kappa shape index (κ3) is 3.69. The van der Waals surface area contributed by atoms with Gasteiger partial charge < -0.3 is 10.5 Å². The van der Waals surface area contributed by atoms with Crippen molar-refractivity contribution in [3.8, 4) is 5.75 Å². The van der Waals surface area contributed by atoms with Gasteiger partial charge in [0.25, 0.3) is 0 Å². The molecule has 1 saturated carbocycles. The topological polar surface area (TPSA) is 35.2 Å². The maximum atomic E-state index is 5.85. The molecule has 4 heteroatoms. The van der Waals surface area contributed by atoms with Crippen molar-refractivity contribution in [2.24, 2.45) is 11.7 Å². The van der Waals surface area contributed by atoms with Crippen LogP contribution in [0.4, 0.5) is 0 Å². The van der Waals surface area contributed by atoms with Crippen molar-refractivity contribution in [1.29, 1.82) is 0 Å².